The summed E-state index contributed by atoms with van der Waals surface area (Å²) in [5.41, 5.74) is 0.193. The van der Waals surface area contributed by atoms with Gasteiger partial charge < -0.3 is 9.40 Å². The standard InChI is InChI=1S/C17H18F2N6O2/c18-17(19)5-3-9(4-6-17)25-14-12(7-21-25)15(26)23-13(22-14)10-1-2-11(10)16-24-20-8-27-16/h7-11H,1-6H2,(H,22,23,26)/t10-,11+/m1/s1. The van der Waals surface area contributed by atoms with Gasteiger partial charge in [-0.25, -0.2) is 18.4 Å². The van der Waals surface area contributed by atoms with Crippen molar-refractivity contribution in [3.63, 3.8) is 0 Å². The van der Waals surface area contributed by atoms with Crippen LogP contribution in [0.1, 0.15) is 68.1 Å². The van der Waals surface area contributed by atoms with Crippen LogP contribution in [-0.4, -0.2) is 35.9 Å². The molecule has 5 rings (SSSR count). The normalized spacial score (nSPS) is 25.6. The molecule has 8 nitrogen and oxygen atoms in total. The molecule has 142 valence electrons. The van der Waals surface area contributed by atoms with E-state index in [0.717, 1.165) is 12.8 Å². The molecule has 3 heterocycles. The summed E-state index contributed by atoms with van der Waals surface area (Å²) >= 11 is 0. The lowest BCUT2D eigenvalue weighted by molar-refractivity contribution is -0.0446. The number of nitrogens with one attached hydrogen (secondary N) is 1. The first-order valence-corrected chi connectivity index (χ1v) is 9.13. The van der Waals surface area contributed by atoms with Crippen LogP contribution < -0.4 is 5.56 Å². The molecule has 0 radical (unpaired) electrons. The fourth-order valence-electron chi connectivity index (χ4n) is 4.13. The van der Waals surface area contributed by atoms with E-state index in [2.05, 4.69) is 25.3 Å². The SMILES string of the molecule is O=c1[nH]c([C@@H]2CC[C@@H]2c2nnco2)nc2c1cnn2C1CCC(F)(F)CC1. The molecule has 2 saturated carbocycles. The van der Waals surface area contributed by atoms with Gasteiger partial charge in [-0.2, -0.15) is 5.10 Å². The highest BCUT2D eigenvalue weighted by Gasteiger charge is 2.39. The van der Waals surface area contributed by atoms with Crippen molar-refractivity contribution >= 4 is 11.0 Å². The van der Waals surface area contributed by atoms with Gasteiger partial charge in [0.25, 0.3) is 5.56 Å². The number of hydrogen-bond acceptors (Lipinski definition) is 6. The van der Waals surface area contributed by atoms with E-state index in [-0.39, 0.29) is 36.3 Å². The Kier molecular flexibility index (Phi) is 3.63. The second-order valence-electron chi connectivity index (χ2n) is 7.43. The van der Waals surface area contributed by atoms with Crippen LogP contribution in [0.2, 0.25) is 0 Å². The Balaban J connectivity index is 1.50. The largest absolute Gasteiger partial charge is 0.428 e. The van der Waals surface area contributed by atoms with Gasteiger partial charge >= 0.3 is 0 Å². The smallest absolute Gasteiger partial charge is 0.262 e. The summed E-state index contributed by atoms with van der Waals surface area (Å²) in [5, 5.41) is 12.4. The quantitative estimate of drug-likeness (QED) is 0.754. The first-order chi connectivity index (χ1) is 13.0. The van der Waals surface area contributed by atoms with Crippen molar-refractivity contribution in [2.24, 2.45) is 0 Å². The maximum atomic E-state index is 13.5. The van der Waals surface area contributed by atoms with E-state index in [0.29, 0.717) is 35.6 Å². The summed E-state index contributed by atoms with van der Waals surface area (Å²) in [6.45, 7) is 0. The number of aromatic nitrogens is 6. The second-order valence-corrected chi connectivity index (χ2v) is 7.43. The summed E-state index contributed by atoms with van der Waals surface area (Å²) < 4.78 is 33.9. The molecule has 0 amide bonds. The topological polar surface area (TPSA) is 102 Å². The molecule has 2 fully saturated rings. The number of H-pyrrole nitrogens is 1. The van der Waals surface area contributed by atoms with E-state index >= 15 is 0 Å². The molecule has 3 aromatic rings. The van der Waals surface area contributed by atoms with Gasteiger partial charge in [-0.15, -0.1) is 10.2 Å². The second kappa shape index (κ2) is 5.93. The lowest BCUT2D eigenvalue weighted by atomic mass is 9.73. The molecular formula is C17H18F2N6O2. The van der Waals surface area contributed by atoms with Gasteiger partial charge in [0.2, 0.25) is 18.2 Å². The van der Waals surface area contributed by atoms with Crippen LogP contribution in [0.25, 0.3) is 11.0 Å². The van der Waals surface area contributed by atoms with Crippen molar-refractivity contribution in [3.8, 4) is 0 Å². The van der Waals surface area contributed by atoms with Gasteiger partial charge in [-0.1, -0.05) is 0 Å². The van der Waals surface area contributed by atoms with E-state index < -0.39 is 5.92 Å². The Morgan fingerprint density at radius 3 is 2.63 bits per heavy atom. The molecule has 27 heavy (non-hydrogen) atoms. The van der Waals surface area contributed by atoms with Crippen LogP contribution in [0.15, 0.2) is 21.8 Å². The number of aromatic amines is 1. The molecule has 2 atom stereocenters. The fourth-order valence-corrected chi connectivity index (χ4v) is 4.13. The van der Waals surface area contributed by atoms with E-state index in [1.807, 2.05) is 0 Å². The molecule has 0 spiro atoms. The molecule has 0 unspecified atom stereocenters. The van der Waals surface area contributed by atoms with E-state index in [1.54, 1.807) is 4.68 Å². The van der Waals surface area contributed by atoms with Crippen LogP contribution in [0.5, 0.6) is 0 Å². The lowest BCUT2D eigenvalue weighted by Gasteiger charge is -2.33. The van der Waals surface area contributed by atoms with E-state index in [1.165, 1.54) is 12.6 Å². The molecule has 2 aliphatic rings. The van der Waals surface area contributed by atoms with Crippen molar-refractivity contribution in [3.05, 3.63) is 34.7 Å². The van der Waals surface area contributed by atoms with Crippen LogP contribution in [-0.2, 0) is 0 Å². The number of fused-ring (bicyclic) bond motifs is 1. The van der Waals surface area contributed by atoms with Gasteiger partial charge in [-0.3, -0.25) is 4.79 Å². The molecule has 0 saturated heterocycles. The fraction of sp³-hybridized carbons (Fsp3) is 0.588. The highest BCUT2D eigenvalue weighted by molar-refractivity contribution is 5.73. The Morgan fingerprint density at radius 2 is 1.96 bits per heavy atom. The van der Waals surface area contributed by atoms with Crippen LogP contribution in [0, 0.1) is 0 Å². The summed E-state index contributed by atoms with van der Waals surface area (Å²) in [6.07, 6.45) is 4.79. The highest BCUT2D eigenvalue weighted by Crippen LogP contribution is 2.47. The average Bonchev–Trinajstić information content (AvgIpc) is 3.24. The minimum absolute atomic E-state index is 0.0124. The first kappa shape index (κ1) is 16.5. The summed E-state index contributed by atoms with van der Waals surface area (Å²) in [6, 6.07) is -0.169. The lowest BCUT2D eigenvalue weighted by Crippen LogP contribution is -2.28. The Labute approximate surface area is 152 Å². The molecule has 3 aromatic heterocycles. The minimum Gasteiger partial charge on any atom is -0.428 e. The van der Waals surface area contributed by atoms with Gasteiger partial charge in [0.1, 0.15) is 11.2 Å². The summed E-state index contributed by atoms with van der Waals surface area (Å²) in [5.74, 6) is -1.50. The van der Waals surface area contributed by atoms with Crippen LogP contribution >= 0.6 is 0 Å². The Hall–Kier alpha value is -2.65. The maximum absolute atomic E-state index is 13.5. The predicted molar refractivity (Wildman–Crippen MR) is 89.6 cm³/mol. The molecule has 2 aliphatic carbocycles. The summed E-state index contributed by atoms with van der Waals surface area (Å²) in [7, 11) is 0. The maximum Gasteiger partial charge on any atom is 0.262 e. The number of hydrogen-bond donors (Lipinski definition) is 1. The van der Waals surface area contributed by atoms with Gasteiger partial charge in [-0.05, 0) is 25.7 Å². The van der Waals surface area contributed by atoms with Crippen LogP contribution in [0.4, 0.5) is 8.78 Å². The number of halogens is 2. The third kappa shape index (κ3) is 2.74. The number of nitrogens with zero attached hydrogens (tertiary/aromatic N) is 5. The van der Waals surface area contributed by atoms with Crippen molar-refractivity contribution < 1.29 is 13.2 Å². The van der Waals surface area contributed by atoms with Gasteiger partial charge in [0, 0.05) is 24.7 Å². The van der Waals surface area contributed by atoms with Gasteiger partial charge in [0.05, 0.1) is 12.2 Å². The number of alkyl halides is 2. The van der Waals surface area contributed by atoms with E-state index in [4.69, 9.17) is 4.42 Å². The molecule has 0 aliphatic heterocycles. The van der Waals surface area contributed by atoms with Gasteiger partial charge in [0.15, 0.2) is 5.65 Å². The van der Waals surface area contributed by atoms with Crippen molar-refractivity contribution in [2.45, 2.75) is 62.3 Å². The molecule has 10 heteroatoms. The zero-order chi connectivity index (χ0) is 18.6. The average molecular weight is 376 g/mol. The molecule has 0 aromatic carbocycles. The predicted octanol–water partition coefficient (Wildman–Crippen LogP) is 2.91. The van der Waals surface area contributed by atoms with Crippen molar-refractivity contribution in [1.29, 1.82) is 0 Å². The zero-order valence-corrected chi connectivity index (χ0v) is 14.4. The van der Waals surface area contributed by atoms with Crippen molar-refractivity contribution in [2.75, 3.05) is 0 Å². The first-order valence-electron chi connectivity index (χ1n) is 9.13. The monoisotopic (exact) mass is 376 g/mol. The zero-order valence-electron chi connectivity index (χ0n) is 14.4. The molecular weight excluding hydrogens is 358 g/mol. The minimum atomic E-state index is -2.61. The van der Waals surface area contributed by atoms with E-state index in [9.17, 15) is 13.6 Å². The van der Waals surface area contributed by atoms with Crippen LogP contribution in [0.3, 0.4) is 0 Å². The molecule has 1 N–H and O–H groups in total. The highest BCUT2D eigenvalue weighted by atomic mass is 19.3. The Bertz CT molecular complexity index is 1020. The van der Waals surface area contributed by atoms with Crippen molar-refractivity contribution in [1.82, 2.24) is 29.9 Å². The molecule has 0 bridgehead atoms. The third-order valence-electron chi connectivity index (χ3n) is 5.83. The summed E-state index contributed by atoms with van der Waals surface area (Å²) in [4.78, 5) is 20.0. The third-order valence-corrected chi connectivity index (χ3v) is 5.83. The Morgan fingerprint density at radius 1 is 1.19 bits per heavy atom. The number of rotatable bonds is 3.